The Morgan fingerprint density at radius 2 is 0.485 bits per heavy atom. The van der Waals surface area contributed by atoms with E-state index in [1.165, 1.54) is 39.8 Å². The van der Waals surface area contributed by atoms with Crippen LogP contribution in [0.4, 0.5) is 0 Å². The minimum absolute atomic E-state index is 0.294. The van der Waals surface area contributed by atoms with E-state index in [1.807, 2.05) is 12.2 Å². The van der Waals surface area contributed by atoms with Crippen molar-refractivity contribution in [3.05, 3.63) is 75.9 Å². The Bertz CT molecular complexity index is 1400. The summed E-state index contributed by atoms with van der Waals surface area (Å²) in [5, 5.41) is 51.5. The lowest BCUT2D eigenvalue weighted by atomic mass is 9.95. The second-order valence-electron chi connectivity index (χ2n) is 18.2. The minimum atomic E-state index is -1.15. The van der Waals surface area contributed by atoms with Gasteiger partial charge in [-0.15, -0.1) is 39.5 Å². The molecule has 68 heavy (non-hydrogen) atoms. The third-order valence-electron chi connectivity index (χ3n) is 9.99. The highest BCUT2D eigenvalue weighted by molar-refractivity contribution is 5.79. The Balaban J connectivity index is -0.000000171. The van der Waals surface area contributed by atoms with Gasteiger partial charge in [0.15, 0.2) is 0 Å². The molecule has 0 unspecified atom stereocenters. The second-order valence-corrected chi connectivity index (χ2v) is 18.2. The maximum absolute atomic E-state index is 10.6. The summed E-state index contributed by atoms with van der Waals surface area (Å²) in [5.74, 6) is -5.71. The Hall–Kier alpha value is -4.98. The number of allylic oxidation sites excluding steroid dienone is 4. The maximum Gasteiger partial charge on any atom is 0.323 e. The number of nitrogens with two attached hydrogens (primary N) is 6. The van der Waals surface area contributed by atoms with Gasteiger partial charge >= 0.3 is 35.8 Å². The topological polar surface area (TPSA) is 380 Å². The summed E-state index contributed by atoms with van der Waals surface area (Å²) >= 11 is 0. The maximum atomic E-state index is 10.6. The Morgan fingerprint density at radius 3 is 0.647 bits per heavy atom. The lowest BCUT2D eigenvalue weighted by molar-refractivity contribution is -0.143. The molecule has 0 spiro atoms. The lowest BCUT2D eigenvalue weighted by Gasteiger charge is -2.18. The molecule has 18 heteroatoms. The predicted molar refractivity (Wildman–Crippen MR) is 275 cm³/mol. The molecule has 0 aromatic carbocycles. The summed E-state index contributed by atoms with van der Waals surface area (Å²) in [6.07, 6.45) is 26.7. The number of unbranched alkanes of at least 4 members (excludes halogenated alkanes) is 10. The fraction of sp³-hybridized carbons (Fsp3) is 0.640. The van der Waals surface area contributed by atoms with Gasteiger partial charge < -0.3 is 65.0 Å². The number of carboxylic acids is 6. The summed E-state index contributed by atoms with van der Waals surface area (Å²) in [5.41, 5.74) is 26.1. The molecule has 0 aliphatic carbocycles. The molecule has 0 saturated heterocycles. The molecule has 0 aliphatic rings. The third-order valence-corrected chi connectivity index (χ3v) is 9.99. The average Bonchev–Trinajstić information content (AvgIpc) is 3.21. The largest absolute Gasteiger partial charge is 0.480 e. The number of aliphatic carboxylic acids is 6. The minimum Gasteiger partial charge on any atom is -0.480 e. The first-order valence-corrected chi connectivity index (χ1v) is 22.8. The van der Waals surface area contributed by atoms with E-state index in [0.717, 1.165) is 89.9 Å². The van der Waals surface area contributed by atoms with Crippen LogP contribution in [0.1, 0.15) is 170 Å². The van der Waals surface area contributed by atoms with Crippen LogP contribution in [-0.4, -0.2) is 99.7 Å². The Morgan fingerprint density at radius 1 is 0.309 bits per heavy atom. The molecule has 0 aromatic heterocycles. The first-order chi connectivity index (χ1) is 31.0. The van der Waals surface area contributed by atoms with Gasteiger partial charge in [0.25, 0.3) is 0 Å². The van der Waals surface area contributed by atoms with Crippen LogP contribution >= 0.6 is 0 Å². The number of hydrogen-bond donors (Lipinski definition) is 12. The molecule has 396 valence electrons. The van der Waals surface area contributed by atoms with E-state index in [-0.39, 0.29) is 0 Å². The van der Waals surface area contributed by atoms with E-state index in [2.05, 4.69) is 39.5 Å². The van der Waals surface area contributed by atoms with Gasteiger partial charge in [0, 0.05) is 0 Å². The van der Waals surface area contributed by atoms with Gasteiger partial charge in [-0.05, 0) is 131 Å². The van der Waals surface area contributed by atoms with Crippen LogP contribution in [0.5, 0.6) is 0 Å². The number of carbonyl (C=O) groups is 6. The summed E-state index contributed by atoms with van der Waals surface area (Å²) < 4.78 is 0. The highest BCUT2D eigenvalue weighted by atomic mass is 16.4. The van der Waals surface area contributed by atoms with Crippen molar-refractivity contribution in [2.24, 2.45) is 34.4 Å². The van der Waals surface area contributed by atoms with Crippen molar-refractivity contribution in [2.75, 3.05) is 0 Å². The van der Waals surface area contributed by atoms with Crippen LogP contribution in [0.3, 0.4) is 0 Å². The third kappa shape index (κ3) is 46.1. The molecule has 0 radical (unpaired) electrons. The van der Waals surface area contributed by atoms with Crippen molar-refractivity contribution >= 4 is 35.8 Å². The van der Waals surface area contributed by atoms with Crippen molar-refractivity contribution in [1.82, 2.24) is 0 Å². The first-order valence-electron chi connectivity index (χ1n) is 22.8. The second kappa shape index (κ2) is 41.0. The van der Waals surface area contributed by atoms with Gasteiger partial charge in [-0.2, -0.15) is 0 Å². The molecule has 0 rings (SSSR count). The molecule has 0 amide bonds. The molecule has 0 fully saturated rings. The molecule has 0 aromatic rings. The zero-order chi connectivity index (χ0) is 54.8. The van der Waals surface area contributed by atoms with Crippen LogP contribution in [0, 0.1) is 0 Å². The van der Waals surface area contributed by atoms with E-state index in [0.29, 0.717) is 38.5 Å². The normalized spacial score (nSPS) is 15.4. The van der Waals surface area contributed by atoms with Crippen LogP contribution < -0.4 is 34.4 Å². The summed E-state index contributed by atoms with van der Waals surface area (Å²) in [7, 11) is 0. The van der Waals surface area contributed by atoms with Crippen LogP contribution in [0.15, 0.2) is 75.9 Å². The monoisotopic (exact) mass is 971 g/mol. The average molecular weight is 971 g/mol. The van der Waals surface area contributed by atoms with Gasteiger partial charge in [-0.1, -0.05) is 75.0 Å². The Labute approximate surface area is 407 Å². The molecule has 0 heterocycles. The standard InChI is InChI=1S/2C11H21NO2.2C8H15NO2.2C6H11NO2/c2*1-3-4-5-6-7-8-9-11(2,12)10(13)14;2*1-3-4-5-6-8(2,9)7(10)11;2*1-3-4-6(2,7)5(8)9/h2*3H,1,4-9,12H2,2H3,(H,13,14);2*3H,1,4-6,9H2,2H3,(H,10,11);2*3H,1,4,7H2,2H3,(H,8,9)/t2*11-;2*8-;2*6-/m101010/s1. The fourth-order valence-electron chi connectivity index (χ4n) is 4.70. The van der Waals surface area contributed by atoms with E-state index in [4.69, 9.17) is 65.0 Å². The number of hydrogen-bond acceptors (Lipinski definition) is 12. The van der Waals surface area contributed by atoms with Crippen LogP contribution in [0.2, 0.25) is 0 Å². The smallest absolute Gasteiger partial charge is 0.323 e. The fourth-order valence-corrected chi connectivity index (χ4v) is 4.70. The Kier molecular flexibility index (Phi) is 45.0. The first kappa shape index (κ1) is 74.6. The molecule has 0 aliphatic heterocycles. The van der Waals surface area contributed by atoms with Crippen molar-refractivity contribution in [1.29, 1.82) is 0 Å². The van der Waals surface area contributed by atoms with Crippen molar-refractivity contribution in [3.8, 4) is 0 Å². The highest BCUT2D eigenvalue weighted by Gasteiger charge is 2.29. The molecule has 0 bridgehead atoms. The molecule has 18 N–H and O–H groups in total. The van der Waals surface area contributed by atoms with Crippen molar-refractivity contribution in [2.45, 2.75) is 203 Å². The molecular weight excluding hydrogens is 877 g/mol. The quantitative estimate of drug-likeness (QED) is 0.0227. The molecule has 0 saturated carbocycles. The van der Waals surface area contributed by atoms with Crippen molar-refractivity contribution < 1.29 is 59.4 Å². The van der Waals surface area contributed by atoms with Gasteiger partial charge in [0.05, 0.1) is 0 Å². The zero-order valence-electron chi connectivity index (χ0n) is 42.4. The highest BCUT2D eigenvalue weighted by Crippen LogP contribution is 2.15. The van der Waals surface area contributed by atoms with Gasteiger partial charge in [0.2, 0.25) is 0 Å². The van der Waals surface area contributed by atoms with Crippen LogP contribution in [-0.2, 0) is 28.8 Å². The molecule has 18 nitrogen and oxygen atoms in total. The van der Waals surface area contributed by atoms with E-state index in [1.54, 1.807) is 26.0 Å². The predicted octanol–water partition coefficient (Wildman–Crippen LogP) is 7.65. The zero-order valence-corrected chi connectivity index (χ0v) is 42.4. The molecule has 6 atom stereocenters. The van der Waals surface area contributed by atoms with E-state index < -0.39 is 69.0 Å². The van der Waals surface area contributed by atoms with Gasteiger partial charge in [-0.3, -0.25) is 28.8 Å². The van der Waals surface area contributed by atoms with Gasteiger partial charge in [0.1, 0.15) is 33.2 Å². The SMILES string of the molecule is C=CCCCCCC[C@@](C)(N)C(=O)O.C=CCCCCCC[C@](C)(N)C(=O)O.C=CCCC[C@@](C)(N)C(=O)O.C=CCCC[C@](C)(N)C(=O)O.C=CC[C@@](C)(N)C(=O)O.C=CC[C@](C)(N)C(=O)O. The van der Waals surface area contributed by atoms with Gasteiger partial charge in [-0.25, -0.2) is 0 Å². The summed E-state index contributed by atoms with van der Waals surface area (Å²) in [4.78, 5) is 62.7. The van der Waals surface area contributed by atoms with Crippen molar-refractivity contribution in [3.63, 3.8) is 0 Å². The summed E-state index contributed by atoms with van der Waals surface area (Å²) in [6.45, 7) is 30.2. The van der Waals surface area contributed by atoms with E-state index in [9.17, 15) is 28.8 Å². The van der Waals surface area contributed by atoms with Crippen LogP contribution in [0.25, 0.3) is 0 Å². The number of carboxylic acid groups (broad SMARTS) is 6. The number of rotatable bonds is 32. The molecular formula is C50H94N6O12. The lowest BCUT2D eigenvalue weighted by Crippen LogP contribution is -2.44. The van der Waals surface area contributed by atoms with E-state index >= 15 is 0 Å². The summed E-state index contributed by atoms with van der Waals surface area (Å²) in [6, 6.07) is 0.